The van der Waals surface area contributed by atoms with Gasteiger partial charge in [-0.25, -0.2) is 9.59 Å². The van der Waals surface area contributed by atoms with Crippen LogP contribution in [0.5, 0.6) is 5.75 Å². The lowest BCUT2D eigenvalue weighted by molar-refractivity contribution is -0.134. The van der Waals surface area contributed by atoms with Crippen molar-refractivity contribution in [1.82, 2.24) is 4.90 Å². The Bertz CT molecular complexity index is 845. The minimum absolute atomic E-state index is 0.258. The average Bonchev–Trinajstić information content (AvgIpc) is 3.11. The van der Waals surface area contributed by atoms with Crippen molar-refractivity contribution in [2.75, 3.05) is 7.11 Å². The van der Waals surface area contributed by atoms with Crippen molar-refractivity contribution in [2.45, 2.75) is 19.7 Å². The quantitative estimate of drug-likeness (QED) is 0.658. The number of esters is 1. The molecule has 1 N–H and O–H groups in total. The predicted octanol–water partition coefficient (Wildman–Crippen LogP) is 3.45. The molecule has 0 unspecified atom stereocenters. The molecule has 0 fully saturated rings. The highest BCUT2D eigenvalue weighted by molar-refractivity contribution is 5.87. The van der Waals surface area contributed by atoms with Gasteiger partial charge in [-0.1, -0.05) is 36.4 Å². The third-order valence-electron chi connectivity index (χ3n) is 4.23. The molecule has 0 aliphatic carbocycles. The molecule has 0 radical (unpaired) electrons. The Labute approximate surface area is 151 Å². The van der Waals surface area contributed by atoms with Crippen molar-refractivity contribution in [2.24, 2.45) is 0 Å². The van der Waals surface area contributed by atoms with E-state index in [1.807, 2.05) is 42.5 Å². The largest absolute Gasteiger partial charge is 0.489 e. The van der Waals surface area contributed by atoms with E-state index in [4.69, 9.17) is 4.74 Å². The average molecular weight is 353 g/mol. The number of carbonyl (C=O) groups is 2. The Morgan fingerprint density at radius 2 is 1.85 bits per heavy atom. The van der Waals surface area contributed by atoms with E-state index in [0.29, 0.717) is 12.4 Å². The molecule has 26 heavy (non-hydrogen) atoms. The molecular weight excluding hydrogens is 334 g/mol. The number of benzene rings is 2. The Kier molecular flexibility index (Phi) is 5.22. The second-order valence-corrected chi connectivity index (χ2v) is 5.88. The Hall–Kier alpha value is -3.28. The summed E-state index contributed by atoms with van der Waals surface area (Å²) in [6.45, 7) is 0.917. The molecule has 3 rings (SSSR count). The molecule has 0 spiro atoms. The third kappa shape index (κ3) is 3.85. The van der Waals surface area contributed by atoms with E-state index in [1.165, 1.54) is 18.1 Å². The van der Waals surface area contributed by atoms with Crippen LogP contribution in [0.2, 0.25) is 0 Å². The summed E-state index contributed by atoms with van der Waals surface area (Å²) in [5.74, 6) is 0.194. The number of rotatable bonds is 5. The molecule has 1 aliphatic rings. The summed E-state index contributed by atoms with van der Waals surface area (Å²) in [5, 5.41) is 9.32. The molecule has 6 heteroatoms. The van der Waals surface area contributed by atoms with Crippen LogP contribution in [0.25, 0.3) is 6.08 Å². The zero-order valence-corrected chi connectivity index (χ0v) is 14.3. The van der Waals surface area contributed by atoms with Gasteiger partial charge in [-0.05, 0) is 28.8 Å². The number of hydrogen-bond acceptors (Lipinski definition) is 4. The highest BCUT2D eigenvalue weighted by Gasteiger charge is 2.27. The first kappa shape index (κ1) is 17.5. The number of ether oxygens (including phenoxy) is 2. The van der Waals surface area contributed by atoms with Gasteiger partial charge in [-0.2, -0.15) is 0 Å². The van der Waals surface area contributed by atoms with Gasteiger partial charge in [-0.3, -0.25) is 4.90 Å². The van der Waals surface area contributed by atoms with Crippen LogP contribution in [0.15, 0.2) is 48.5 Å². The van der Waals surface area contributed by atoms with E-state index in [-0.39, 0.29) is 13.1 Å². The van der Waals surface area contributed by atoms with Crippen molar-refractivity contribution >= 4 is 18.1 Å². The number of amides is 1. The van der Waals surface area contributed by atoms with E-state index in [0.717, 1.165) is 22.3 Å². The third-order valence-corrected chi connectivity index (χ3v) is 4.23. The smallest absolute Gasteiger partial charge is 0.407 e. The lowest BCUT2D eigenvalue weighted by Crippen LogP contribution is -2.22. The molecule has 0 aromatic heterocycles. The fourth-order valence-corrected chi connectivity index (χ4v) is 2.88. The topological polar surface area (TPSA) is 76.1 Å². The lowest BCUT2D eigenvalue weighted by atomic mass is 10.0. The first-order valence-electron chi connectivity index (χ1n) is 8.14. The van der Waals surface area contributed by atoms with E-state index in [2.05, 4.69) is 4.74 Å². The lowest BCUT2D eigenvalue weighted by Gasteiger charge is -2.12. The number of carboxylic acid groups (broad SMARTS) is 1. The minimum Gasteiger partial charge on any atom is -0.489 e. The molecule has 6 nitrogen and oxygen atoms in total. The van der Waals surface area contributed by atoms with Gasteiger partial charge in [-0.15, -0.1) is 0 Å². The summed E-state index contributed by atoms with van der Waals surface area (Å²) in [7, 11) is 1.31. The molecule has 0 atom stereocenters. The molecule has 0 saturated carbocycles. The van der Waals surface area contributed by atoms with Gasteiger partial charge in [0.15, 0.2) is 0 Å². The van der Waals surface area contributed by atoms with Gasteiger partial charge < -0.3 is 14.6 Å². The van der Waals surface area contributed by atoms with Crippen LogP contribution >= 0.6 is 0 Å². The molecule has 1 heterocycles. The highest BCUT2D eigenvalue weighted by Crippen LogP contribution is 2.34. The van der Waals surface area contributed by atoms with Gasteiger partial charge in [0.05, 0.1) is 20.2 Å². The van der Waals surface area contributed by atoms with E-state index < -0.39 is 12.1 Å². The van der Waals surface area contributed by atoms with Crippen molar-refractivity contribution in [3.63, 3.8) is 0 Å². The summed E-state index contributed by atoms with van der Waals surface area (Å²) in [6.07, 6.45) is 1.97. The first-order chi connectivity index (χ1) is 12.6. The van der Waals surface area contributed by atoms with E-state index in [1.54, 1.807) is 6.08 Å². The van der Waals surface area contributed by atoms with Crippen LogP contribution in [-0.4, -0.2) is 29.2 Å². The fraction of sp³-hybridized carbons (Fsp3) is 0.200. The SMILES string of the molecule is COC(=O)C=Cc1ccc(OCc2ccccc2)c2c1CN(C(=O)O)C2. The monoisotopic (exact) mass is 353 g/mol. The van der Waals surface area contributed by atoms with Gasteiger partial charge >= 0.3 is 12.1 Å². The van der Waals surface area contributed by atoms with Crippen LogP contribution in [0.1, 0.15) is 22.3 Å². The molecular formula is C20H19NO5. The van der Waals surface area contributed by atoms with Gasteiger partial charge in [0.2, 0.25) is 0 Å². The van der Waals surface area contributed by atoms with Crippen molar-refractivity contribution < 1.29 is 24.2 Å². The maximum absolute atomic E-state index is 11.4. The number of hydrogen-bond donors (Lipinski definition) is 1. The van der Waals surface area contributed by atoms with Gasteiger partial charge in [0, 0.05) is 11.6 Å². The summed E-state index contributed by atoms with van der Waals surface area (Å²) in [5.41, 5.74) is 3.48. The normalized spacial score (nSPS) is 12.9. The zero-order valence-electron chi connectivity index (χ0n) is 14.3. The van der Waals surface area contributed by atoms with Crippen molar-refractivity contribution in [3.8, 4) is 5.75 Å². The number of carbonyl (C=O) groups excluding carboxylic acids is 1. The molecule has 134 valence electrons. The summed E-state index contributed by atoms with van der Waals surface area (Å²) in [6, 6.07) is 13.4. The number of nitrogens with zero attached hydrogens (tertiary/aromatic N) is 1. The van der Waals surface area contributed by atoms with Crippen molar-refractivity contribution in [1.29, 1.82) is 0 Å². The Morgan fingerprint density at radius 3 is 2.54 bits per heavy atom. The second-order valence-electron chi connectivity index (χ2n) is 5.88. The number of fused-ring (bicyclic) bond motifs is 1. The Balaban J connectivity index is 1.87. The maximum atomic E-state index is 11.4. The van der Waals surface area contributed by atoms with Crippen LogP contribution in [-0.2, 0) is 29.2 Å². The van der Waals surface area contributed by atoms with Crippen LogP contribution < -0.4 is 4.74 Å². The summed E-state index contributed by atoms with van der Waals surface area (Å²) in [4.78, 5) is 24.0. The standard InChI is InChI=1S/C20H19NO5/c1-25-19(22)10-8-15-7-9-18(26-13-14-5-3-2-4-6-14)17-12-21(20(23)24)11-16(15)17/h2-10H,11-13H2,1H3,(H,23,24). The van der Waals surface area contributed by atoms with Crippen LogP contribution in [0.4, 0.5) is 4.79 Å². The molecule has 2 aromatic carbocycles. The summed E-state index contributed by atoms with van der Waals surface area (Å²) >= 11 is 0. The first-order valence-corrected chi connectivity index (χ1v) is 8.14. The molecule has 1 aliphatic heterocycles. The molecule has 0 saturated heterocycles. The second kappa shape index (κ2) is 7.74. The Morgan fingerprint density at radius 1 is 1.12 bits per heavy atom. The maximum Gasteiger partial charge on any atom is 0.407 e. The van der Waals surface area contributed by atoms with Gasteiger partial charge in [0.25, 0.3) is 0 Å². The zero-order chi connectivity index (χ0) is 18.5. The van der Waals surface area contributed by atoms with E-state index in [9.17, 15) is 14.7 Å². The van der Waals surface area contributed by atoms with Crippen molar-refractivity contribution in [3.05, 3.63) is 70.8 Å². The van der Waals surface area contributed by atoms with E-state index >= 15 is 0 Å². The van der Waals surface area contributed by atoms with Crippen LogP contribution in [0, 0.1) is 0 Å². The minimum atomic E-state index is -0.988. The highest BCUT2D eigenvalue weighted by atomic mass is 16.5. The molecule has 1 amide bonds. The predicted molar refractivity (Wildman–Crippen MR) is 95.5 cm³/mol. The van der Waals surface area contributed by atoms with Crippen LogP contribution in [0.3, 0.4) is 0 Å². The fourth-order valence-electron chi connectivity index (χ4n) is 2.88. The van der Waals surface area contributed by atoms with Gasteiger partial charge in [0.1, 0.15) is 12.4 Å². The number of methoxy groups -OCH3 is 1. The summed E-state index contributed by atoms with van der Waals surface area (Å²) < 4.78 is 10.5. The molecule has 2 aromatic rings. The molecule has 0 bridgehead atoms.